The largest absolute Gasteiger partial charge is 0.495 e. The summed E-state index contributed by atoms with van der Waals surface area (Å²) in [6.45, 7) is 3.79. The number of aliphatic carboxylic acids is 1. The molecule has 3 aromatic rings. The number of aromatic nitrogens is 1. The third-order valence-corrected chi connectivity index (χ3v) is 5.86. The van der Waals surface area contributed by atoms with E-state index in [1.807, 2.05) is 6.92 Å². The van der Waals surface area contributed by atoms with Gasteiger partial charge in [-0.05, 0) is 55.3 Å². The topological polar surface area (TPSA) is 68.5 Å². The molecular formula is C23H23Cl2NO4. The SMILES string of the molecule is CCCCC(C(=O)O)c1c(C)n(C(=O)c2ccc(Cl)cc2)c2cc(Cl)c(OC)cc12. The number of benzene rings is 2. The first-order chi connectivity index (χ1) is 14.3. The predicted octanol–water partition coefficient (Wildman–Crippen LogP) is 6.31. The van der Waals surface area contributed by atoms with E-state index in [1.165, 1.54) is 11.7 Å². The van der Waals surface area contributed by atoms with Gasteiger partial charge >= 0.3 is 5.97 Å². The lowest BCUT2D eigenvalue weighted by Crippen LogP contribution is -2.16. The second kappa shape index (κ2) is 9.11. The summed E-state index contributed by atoms with van der Waals surface area (Å²) >= 11 is 12.3. The number of hydrogen-bond donors (Lipinski definition) is 1. The highest BCUT2D eigenvalue weighted by Gasteiger charge is 2.29. The number of rotatable bonds is 7. The first-order valence-electron chi connectivity index (χ1n) is 9.71. The quantitative estimate of drug-likeness (QED) is 0.460. The van der Waals surface area contributed by atoms with Crippen molar-refractivity contribution in [2.45, 2.75) is 39.0 Å². The van der Waals surface area contributed by atoms with Crippen LogP contribution in [0.2, 0.25) is 10.0 Å². The fourth-order valence-corrected chi connectivity index (χ4v) is 4.18. The van der Waals surface area contributed by atoms with Crippen molar-refractivity contribution in [1.82, 2.24) is 4.57 Å². The van der Waals surface area contributed by atoms with Crippen molar-refractivity contribution in [3.63, 3.8) is 0 Å². The molecule has 1 atom stereocenters. The summed E-state index contributed by atoms with van der Waals surface area (Å²) in [5.74, 6) is -1.50. The van der Waals surface area contributed by atoms with Gasteiger partial charge in [0.15, 0.2) is 0 Å². The number of fused-ring (bicyclic) bond motifs is 1. The third-order valence-electron chi connectivity index (χ3n) is 5.31. The van der Waals surface area contributed by atoms with Gasteiger partial charge in [0, 0.05) is 21.7 Å². The molecule has 1 heterocycles. The Morgan fingerprint density at radius 1 is 1.17 bits per heavy atom. The molecule has 0 aliphatic carbocycles. The maximum Gasteiger partial charge on any atom is 0.311 e. The highest BCUT2D eigenvalue weighted by Crippen LogP contribution is 2.39. The van der Waals surface area contributed by atoms with Gasteiger partial charge in [-0.2, -0.15) is 0 Å². The van der Waals surface area contributed by atoms with Crippen molar-refractivity contribution in [3.8, 4) is 5.75 Å². The van der Waals surface area contributed by atoms with Gasteiger partial charge in [-0.15, -0.1) is 0 Å². The first kappa shape index (κ1) is 22.2. The molecule has 0 aliphatic rings. The van der Waals surface area contributed by atoms with Gasteiger partial charge in [-0.25, -0.2) is 0 Å². The lowest BCUT2D eigenvalue weighted by Gasteiger charge is -2.14. The second-order valence-electron chi connectivity index (χ2n) is 7.18. The molecule has 0 saturated carbocycles. The van der Waals surface area contributed by atoms with E-state index in [0.29, 0.717) is 49.9 Å². The van der Waals surface area contributed by atoms with E-state index in [9.17, 15) is 14.7 Å². The summed E-state index contributed by atoms with van der Waals surface area (Å²) in [6.07, 6.45) is 2.12. The van der Waals surface area contributed by atoms with Gasteiger partial charge in [-0.1, -0.05) is 43.0 Å². The summed E-state index contributed by atoms with van der Waals surface area (Å²) in [7, 11) is 1.50. The average Bonchev–Trinajstić information content (AvgIpc) is 2.98. The van der Waals surface area contributed by atoms with E-state index in [2.05, 4.69) is 0 Å². The van der Waals surface area contributed by atoms with E-state index in [0.717, 1.165) is 12.8 Å². The highest BCUT2D eigenvalue weighted by atomic mass is 35.5. The summed E-state index contributed by atoms with van der Waals surface area (Å²) in [5, 5.41) is 11.5. The molecule has 0 aliphatic heterocycles. The molecule has 1 unspecified atom stereocenters. The van der Waals surface area contributed by atoms with E-state index in [4.69, 9.17) is 27.9 Å². The van der Waals surface area contributed by atoms with Crippen LogP contribution in [-0.2, 0) is 4.79 Å². The Morgan fingerprint density at radius 2 is 1.83 bits per heavy atom. The van der Waals surface area contributed by atoms with Gasteiger partial charge in [-0.3, -0.25) is 14.2 Å². The Labute approximate surface area is 185 Å². The number of halogens is 2. The molecule has 0 spiro atoms. The first-order valence-corrected chi connectivity index (χ1v) is 10.5. The van der Waals surface area contributed by atoms with Crippen LogP contribution in [0.4, 0.5) is 0 Å². The number of carbonyl (C=O) groups is 2. The van der Waals surface area contributed by atoms with Gasteiger partial charge in [0.25, 0.3) is 5.91 Å². The molecule has 30 heavy (non-hydrogen) atoms. The zero-order valence-electron chi connectivity index (χ0n) is 17.0. The van der Waals surface area contributed by atoms with E-state index in [1.54, 1.807) is 43.3 Å². The molecule has 0 saturated heterocycles. The number of nitrogens with zero attached hydrogens (tertiary/aromatic N) is 1. The molecule has 3 rings (SSSR count). The fourth-order valence-electron chi connectivity index (χ4n) is 3.82. The molecule has 0 amide bonds. The van der Waals surface area contributed by atoms with Crippen molar-refractivity contribution in [2.24, 2.45) is 0 Å². The summed E-state index contributed by atoms with van der Waals surface area (Å²) < 4.78 is 6.88. The molecule has 5 nitrogen and oxygen atoms in total. The van der Waals surface area contributed by atoms with Crippen LogP contribution in [0.5, 0.6) is 5.75 Å². The molecule has 1 aromatic heterocycles. The fraction of sp³-hybridized carbons (Fsp3) is 0.304. The number of carboxylic acids is 1. The van der Waals surface area contributed by atoms with Crippen LogP contribution >= 0.6 is 23.2 Å². The minimum Gasteiger partial charge on any atom is -0.495 e. The predicted molar refractivity (Wildman–Crippen MR) is 119 cm³/mol. The average molecular weight is 448 g/mol. The van der Waals surface area contributed by atoms with Gasteiger partial charge in [0.05, 0.1) is 23.6 Å². The normalized spacial score (nSPS) is 12.2. The summed E-state index contributed by atoms with van der Waals surface area (Å²) in [5.41, 5.74) is 2.19. The lowest BCUT2D eigenvalue weighted by atomic mass is 9.91. The number of methoxy groups -OCH3 is 1. The molecule has 0 radical (unpaired) electrons. The summed E-state index contributed by atoms with van der Waals surface area (Å²) in [4.78, 5) is 25.5. The Hall–Kier alpha value is -2.50. The molecular weight excluding hydrogens is 425 g/mol. The Balaban J connectivity index is 2.30. The molecule has 0 fully saturated rings. The zero-order chi connectivity index (χ0) is 22.0. The third kappa shape index (κ3) is 4.05. The molecule has 7 heteroatoms. The number of hydrogen-bond acceptors (Lipinski definition) is 3. The van der Waals surface area contributed by atoms with E-state index in [-0.39, 0.29) is 5.91 Å². The van der Waals surface area contributed by atoms with Crippen molar-refractivity contribution < 1.29 is 19.4 Å². The van der Waals surface area contributed by atoms with Crippen LogP contribution in [-0.4, -0.2) is 28.7 Å². The number of ether oxygens (including phenoxy) is 1. The van der Waals surface area contributed by atoms with Crippen LogP contribution in [0.15, 0.2) is 36.4 Å². The van der Waals surface area contributed by atoms with Gasteiger partial charge < -0.3 is 9.84 Å². The molecule has 1 N–H and O–H groups in total. The molecule has 158 valence electrons. The van der Waals surface area contributed by atoms with Gasteiger partial charge in [0.2, 0.25) is 0 Å². The summed E-state index contributed by atoms with van der Waals surface area (Å²) in [6, 6.07) is 9.95. The number of unbranched alkanes of at least 4 members (excludes halogenated alkanes) is 1. The zero-order valence-corrected chi connectivity index (χ0v) is 18.5. The lowest BCUT2D eigenvalue weighted by molar-refractivity contribution is -0.139. The molecule has 2 aromatic carbocycles. The standard InChI is InChI=1S/C23H23Cl2NO4/c1-4-5-6-16(23(28)29)21-13(2)26(22(27)14-7-9-15(24)10-8-14)19-12-18(25)20(30-3)11-17(19)21/h7-12,16H,4-6H2,1-3H3,(H,28,29). The Morgan fingerprint density at radius 3 is 2.40 bits per heavy atom. The number of carboxylic acid groups (broad SMARTS) is 1. The number of carbonyl (C=O) groups excluding carboxylic acids is 1. The minimum atomic E-state index is -0.918. The monoisotopic (exact) mass is 447 g/mol. The van der Waals surface area contributed by atoms with Crippen LogP contribution in [0.1, 0.15) is 53.7 Å². The molecule has 0 bridgehead atoms. The minimum absolute atomic E-state index is 0.277. The van der Waals surface area contributed by atoms with Crippen LogP contribution in [0.25, 0.3) is 10.9 Å². The van der Waals surface area contributed by atoms with E-state index < -0.39 is 11.9 Å². The van der Waals surface area contributed by atoms with Crippen molar-refractivity contribution in [2.75, 3.05) is 7.11 Å². The van der Waals surface area contributed by atoms with Crippen LogP contribution < -0.4 is 4.74 Å². The Kier molecular flexibility index (Phi) is 6.74. The van der Waals surface area contributed by atoms with Gasteiger partial charge in [0.1, 0.15) is 5.75 Å². The van der Waals surface area contributed by atoms with Crippen LogP contribution in [0.3, 0.4) is 0 Å². The second-order valence-corrected chi connectivity index (χ2v) is 8.03. The highest BCUT2D eigenvalue weighted by molar-refractivity contribution is 6.33. The Bertz CT molecular complexity index is 1100. The van der Waals surface area contributed by atoms with Crippen LogP contribution in [0, 0.1) is 6.92 Å². The maximum atomic E-state index is 13.4. The smallest absolute Gasteiger partial charge is 0.311 e. The maximum absolute atomic E-state index is 13.4. The van der Waals surface area contributed by atoms with Crippen molar-refractivity contribution >= 4 is 46.0 Å². The van der Waals surface area contributed by atoms with Crippen molar-refractivity contribution in [1.29, 1.82) is 0 Å². The van der Waals surface area contributed by atoms with Crippen molar-refractivity contribution in [3.05, 3.63) is 63.3 Å². The van der Waals surface area contributed by atoms with E-state index >= 15 is 0 Å².